The lowest BCUT2D eigenvalue weighted by molar-refractivity contribution is 0.0337. The summed E-state index contributed by atoms with van der Waals surface area (Å²) < 4.78 is 29.1. The van der Waals surface area contributed by atoms with Crippen LogP contribution in [0.25, 0.3) is 32.9 Å². The van der Waals surface area contributed by atoms with E-state index < -0.39 is 0 Å². The Morgan fingerprint density at radius 3 is 2.65 bits per heavy atom. The maximum absolute atomic E-state index is 15.5. The zero-order valence-electron chi connectivity index (χ0n) is 22.7. The molecule has 0 spiro atoms. The molecular weight excluding hydrogens is 507 g/mol. The molecule has 0 radical (unpaired) electrons. The van der Waals surface area contributed by atoms with E-state index in [4.69, 9.17) is 21.0 Å². The third-order valence-corrected chi connectivity index (χ3v) is 7.79. The summed E-state index contributed by atoms with van der Waals surface area (Å²) in [5.74, 6) is 0.165. The monoisotopic (exact) mass is 540 g/mol. The Bertz CT molecular complexity index is 1520. The van der Waals surface area contributed by atoms with Gasteiger partial charge in [-0.2, -0.15) is 4.98 Å². The molecule has 2 saturated heterocycles. The third kappa shape index (κ3) is 5.56. The number of ether oxygens (including phenoxy) is 2. The fraction of sp³-hybridized carbons (Fsp3) is 0.387. The molecule has 2 aromatic heterocycles. The molecule has 2 fully saturated rings. The van der Waals surface area contributed by atoms with Crippen LogP contribution in [0.5, 0.6) is 6.01 Å². The van der Waals surface area contributed by atoms with Gasteiger partial charge in [-0.25, -0.2) is 14.2 Å². The fourth-order valence-corrected chi connectivity index (χ4v) is 5.66. The summed E-state index contributed by atoms with van der Waals surface area (Å²) >= 11 is 0. The Balaban J connectivity index is 1.40. The van der Waals surface area contributed by atoms with E-state index in [1.807, 2.05) is 34.9 Å². The highest BCUT2D eigenvalue weighted by molar-refractivity contribution is 5.90. The standard InChI is InChI=1S/C31H33FN6O2/c1-33-26-9-7-23(8-10-26)29-28(24-5-6-25(27(32)18-24)20-37-14-16-39-17-15-37)30-34-11-13-38(30)31(35-29)40-21-22-4-3-12-36(2)19-22/h5-11,13,18,22H,3-4,12,14-17,19-21H2,2H3/t22-/m1/s1. The van der Waals surface area contributed by atoms with Gasteiger partial charge in [0.1, 0.15) is 5.82 Å². The van der Waals surface area contributed by atoms with Crippen LogP contribution >= 0.6 is 0 Å². The van der Waals surface area contributed by atoms with Crippen molar-refractivity contribution in [3.05, 3.63) is 77.7 Å². The molecule has 0 aliphatic carbocycles. The Hall–Kier alpha value is -3.84. The van der Waals surface area contributed by atoms with Crippen LogP contribution in [0.4, 0.5) is 10.1 Å². The zero-order valence-corrected chi connectivity index (χ0v) is 22.7. The molecule has 0 amide bonds. The predicted molar refractivity (Wildman–Crippen MR) is 152 cm³/mol. The van der Waals surface area contributed by atoms with Crippen molar-refractivity contribution in [2.45, 2.75) is 19.4 Å². The first-order valence-electron chi connectivity index (χ1n) is 13.8. The van der Waals surface area contributed by atoms with Crippen LogP contribution < -0.4 is 4.74 Å². The summed E-state index contributed by atoms with van der Waals surface area (Å²) in [6, 6.07) is 13.1. The number of halogens is 1. The second-order valence-corrected chi connectivity index (χ2v) is 10.7. The number of aromatic nitrogens is 3. The predicted octanol–water partition coefficient (Wildman–Crippen LogP) is 5.31. The highest BCUT2D eigenvalue weighted by Crippen LogP contribution is 2.37. The molecule has 6 rings (SSSR count). The van der Waals surface area contributed by atoms with Crippen molar-refractivity contribution in [1.29, 1.82) is 0 Å². The molecule has 0 bridgehead atoms. The number of rotatable bonds is 7. The number of likely N-dealkylation sites (tertiary alicyclic amines) is 1. The number of hydrogen-bond acceptors (Lipinski definition) is 6. The molecule has 2 aliphatic heterocycles. The lowest BCUT2D eigenvalue weighted by Gasteiger charge is -2.29. The van der Waals surface area contributed by atoms with Crippen LogP contribution in [0.3, 0.4) is 0 Å². The van der Waals surface area contributed by atoms with Crippen LogP contribution in [0, 0.1) is 18.3 Å². The van der Waals surface area contributed by atoms with E-state index in [0.717, 1.165) is 50.1 Å². The third-order valence-electron chi connectivity index (χ3n) is 7.79. The molecule has 8 nitrogen and oxygen atoms in total. The van der Waals surface area contributed by atoms with Crippen molar-refractivity contribution in [3.8, 4) is 28.4 Å². The second kappa shape index (κ2) is 11.7. The number of nitrogens with zero attached hydrogens (tertiary/aromatic N) is 6. The van der Waals surface area contributed by atoms with Crippen molar-refractivity contribution in [2.75, 3.05) is 53.0 Å². The number of fused-ring (bicyclic) bond motifs is 1. The minimum Gasteiger partial charge on any atom is -0.464 e. The van der Waals surface area contributed by atoms with Crippen molar-refractivity contribution in [3.63, 3.8) is 0 Å². The minimum absolute atomic E-state index is 0.259. The summed E-state index contributed by atoms with van der Waals surface area (Å²) in [4.78, 5) is 17.7. The Kier molecular flexibility index (Phi) is 7.73. The maximum atomic E-state index is 15.5. The van der Waals surface area contributed by atoms with E-state index in [1.54, 1.807) is 24.4 Å². The van der Waals surface area contributed by atoms with Gasteiger partial charge in [-0.15, -0.1) is 0 Å². The molecule has 0 unspecified atom stereocenters. The average Bonchev–Trinajstić information content (AvgIpc) is 3.47. The molecule has 4 aromatic rings. The van der Waals surface area contributed by atoms with Crippen LogP contribution in [0.1, 0.15) is 18.4 Å². The Morgan fingerprint density at radius 2 is 1.90 bits per heavy atom. The van der Waals surface area contributed by atoms with Gasteiger partial charge in [-0.3, -0.25) is 9.30 Å². The van der Waals surface area contributed by atoms with Crippen molar-refractivity contribution in [2.24, 2.45) is 5.92 Å². The average molecular weight is 541 g/mol. The summed E-state index contributed by atoms with van der Waals surface area (Å²) in [6.07, 6.45) is 5.83. The van der Waals surface area contributed by atoms with E-state index in [1.165, 1.54) is 0 Å². The van der Waals surface area contributed by atoms with E-state index in [0.29, 0.717) is 66.4 Å². The van der Waals surface area contributed by atoms with Crippen molar-refractivity contribution in [1.82, 2.24) is 24.2 Å². The lowest BCUT2D eigenvalue weighted by atomic mass is 9.98. The molecule has 2 aromatic carbocycles. The number of benzene rings is 2. The molecular formula is C31H33FN6O2. The summed E-state index contributed by atoms with van der Waals surface area (Å²) in [5, 5.41) is 0. The van der Waals surface area contributed by atoms with Crippen LogP contribution in [-0.2, 0) is 11.3 Å². The van der Waals surface area contributed by atoms with E-state index in [2.05, 4.69) is 26.7 Å². The Labute approximate surface area is 233 Å². The molecule has 206 valence electrons. The van der Waals surface area contributed by atoms with Crippen molar-refractivity contribution < 1.29 is 13.9 Å². The first kappa shape index (κ1) is 26.4. The van der Waals surface area contributed by atoms with E-state index in [-0.39, 0.29) is 5.82 Å². The minimum atomic E-state index is -0.259. The van der Waals surface area contributed by atoms with Gasteiger partial charge in [0.2, 0.25) is 0 Å². The largest absolute Gasteiger partial charge is 0.464 e. The molecule has 40 heavy (non-hydrogen) atoms. The number of morpholine rings is 1. The van der Waals surface area contributed by atoms with Crippen LogP contribution in [-0.4, -0.2) is 77.2 Å². The second-order valence-electron chi connectivity index (χ2n) is 10.7. The number of hydrogen-bond donors (Lipinski definition) is 0. The maximum Gasteiger partial charge on any atom is 0.302 e. The summed E-state index contributed by atoms with van der Waals surface area (Å²) in [5.41, 5.74) is 4.72. The van der Waals surface area contributed by atoms with Gasteiger partial charge in [-0.05, 0) is 43.6 Å². The smallest absolute Gasteiger partial charge is 0.302 e. The van der Waals surface area contributed by atoms with Gasteiger partial charge in [0.05, 0.1) is 37.7 Å². The summed E-state index contributed by atoms with van der Waals surface area (Å²) in [7, 11) is 2.14. The molecule has 9 heteroatoms. The van der Waals surface area contributed by atoms with Gasteiger partial charge in [0, 0.05) is 50.1 Å². The van der Waals surface area contributed by atoms with E-state index >= 15 is 4.39 Å². The van der Waals surface area contributed by atoms with Gasteiger partial charge >= 0.3 is 6.01 Å². The van der Waals surface area contributed by atoms with E-state index in [9.17, 15) is 0 Å². The van der Waals surface area contributed by atoms with Gasteiger partial charge < -0.3 is 14.4 Å². The van der Waals surface area contributed by atoms with Gasteiger partial charge in [0.15, 0.2) is 11.3 Å². The molecule has 2 aliphatic rings. The van der Waals surface area contributed by atoms with Gasteiger partial charge in [-0.1, -0.05) is 36.4 Å². The summed E-state index contributed by atoms with van der Waals surface area (Å²) in [6.45, 7) is 13.5. The van der Waals surface area contributed by atoms with Crippen LogP contribution in [0.2, 0.25) is 0 Å². The molecule has 0 N–H and O–H groups in total. The normalized spacial score (nSPS) is 18.6. The lowest BCUT2D eigenvalue weighted by Crippen LogP contribution is -2.35. The first-order chi connectivity index (χ1) is 19.6. The fourth-order valence-electron chi connectivity index (χ4n) is 5.66. The van der Waals surface area contributed by atoms with Crippen molar-refractivity contribution >= 4 is 11.3 Å². The molecule has 4 heterocycles. The van der Waals surface area contributed by atoms with Gasteiger partial charge in [0.25, 0.3) is 0 Å². The number of imidazole rings is 1. The molecule has 1 atom stereocenters. The van der Waals surface area contributed by atoms with Crippen LogP contribution in [0.15, 0.2) is 54.9 Å². The molecule has 0 saturated carbocycles. The topological polar surface area (TPSA) is 59.5 Å². The first-order valence-corrected chi connectivity index (χ1v) is 13.8. The SMILES string of the molecule is [C-]#[N+]c1ccc(-c2nc(OC[C@@H]3CCCN(C)C3)n3ccnc3c2-c2ccc(CN3CCOCC3)c(F)c2)cc1. The quantitative estimate of drug-likeness (QED) is 0.296. The zero-order chi connectivity index (χ0) is 27.5. The number of piperidine rings is 1. The highest BCUT2D eigenvalue weighted by Gasteiger charge is 2.23. The Morgan fingerprint density at radius 1 is 1.10 bits per heavy atom. The highest BCUT2D eigenvalue weighted by atomic mass is 19.1.